The average molecular weight is 485 g/mol. The molecule has 35 heavy (non-hydrogen) atoms. The summed E-state index contributed by atoms with van der Waals surface area (Å²) in [5.41, 5.74) is 18.0. The number of unbranched alkanes of at least 4 members (excludes halogenated alkanes) is 1. The van der Waals surface area contributed by atoms with Crippen molar-refractivity contribution in [3.8, 4) is 5.75 Å². The van der Waals surface area contributed by atoms with E-state index in [0.717, 1.165) is 12.8 Å². The Balaban J connectivity index is 1.60. The minimum Gasteiger partial charge on any atom is -0.423 e. The molecule has 2 heterocycles. The molecule has 12 heteroatoms. The molecular weight excluding hydrogens is 452 g/mol. The number of nitrogens with two attached hydrogens (primary N) is 3. The number of esters is 1. The van der Waals surface area contributed by atoms with Crippen LogP contribution in [0.4, 0.5) is 23.0 Å². The van der Waals surface area contributed by atoms with Crippen molar-refractivity contribution in [2.24, 2.45) is 21.7 Å². The van der Waals surface area contributed by atoms with Gasteiger partial charge in [-0.1, -0.05) is 18.6 Å². The van der Waals surface area contributed by atoms with Crippen molar-refractivity contribution in [3.05, 3.63) is 36.4 Å². The number of aromatic nitrogens is 1. The summed E-state index contributed by atoms with van der Waals surface area (Å²) in [6.45, 7) is 3.27. The number of carbonyl (C=O) groups excluding carboxylic acids is 2. The molecule has 0 bridgehead atoms. The molecule has 0 aliphatic carbocycles. The van der Waals surface area contributed by atoms with E-state index in [2.05, 4.69) is 20.5 Å². The lowest BCUT2D eigenvalue weighted by Gasteiger charge is -2.25. The number of anilines is 2. The number of azo groups is 1. The number of nitrogen functional groups attached to an aromatic ring is 1. The summed E-state index contributed by atoms with van der Waals surface area (Å²) in [6.07, 6.45) is 2.10. The van der Waals surface area contributed by atoms with Crippen molar-refractivity contribution < 1.29 is 19.1 Å². The number of benzene rings is 1. The van der Waals surface area contributed by atoms with Crippen LogP contribution in [0.15, 0.2) is 46.6 Å². The van der Waals surface area contributed by atoms with E-state index < -0.39 is 12.0 Å². The maximum Gasteiger partial charge on any atom is 0.325 e. The fourth-order valence-corrected chi connectivity index (χ4v) is 3.31. The topological polar surface area (TPSA) is 184 Å². The average Bonchev–Trinajstić information content (AvgIpc) is 2.85. The van der Waals surface area contributed by atoms with E-state index in [0.29, 0.717) is 50.6 Å². The van der Waals surface area contributed by atoms with Gasteiger partial charge in [0.1, 0.15) is 17.2 Å². The zero-order valence-electron chi connectivity index (χ0n) is 19.6. The molecule has 1 aromatic heterocycles. The van der Waals surface area contributed by atoms with E-state index in [-0.39, 0.29) is 29.8 Å². The second-order valence-electron chi connectivity index (χ2n) is 8.01. The number of carbonyl (C=O) groups is 2. The SMILES string of the molecule is NCCCC[C@H](N)C(=O)Nc1ccc(N=Nc2ccccc2OC(=O)CN2CCOCC2)c(N)n1. The summed E-state index contributed by atoms with van der Waals surface area (Å²) in [4.78, 5) is 30.7. The number of hydrogen-bond acceptors (Lipinski definition) is 11. The molecule has 2 aromatic rings. The monoisotopic (exact) mass is 484 g/mol. The maximum atomic E-state index is 12.4. The van der Waals surface area contributed by atoms with Gasteiger partial charge in [0.2, 0.25) is 5.91 Å². The van der Waals surface area contributed by atoms with Gasteiger partial charge in [-0.25, -0.2) is 4.98 Å². The van der Waals surface area contributed by atoms with Crippen molar-refractivity contribution >= 4 is 34.9 Å². The molecule has 1 aliphatic heterocycles. The number of nitrogens with one attached hydrogen (secondary N) is 1. The molecule has 188 valence electrons. The Kier molecular flexibility index (Phi) is 10.0. The van der Waals surface area contributed by atoms with Crippen LogP contribution < -0.4 is 27.3 Å². The molecule has 7 N–H and O–H groups in total. The number of amides is 1. The van der Waals surface area contributed by atoms with E-state index in [4.69, 9.17) is 26.7 Å². The maximum absolute atomic E-state index is 12.4. The van der Waals surface area contributed by atoms with Gasteiger partial charge in [0, 0.05) is 13.1 Å². The van der Waals surface area contributed by atoms with Gasteiger partial charge in [-0.05, 0) is 43.7 Å². The predicted octanol–water partition coefficient (Wildman–Crippen LogP) is 1.71. The van der Waals surface area contributed by atoms with Crippen LogP contribution in [0.5, 0.6) is 5.75 Å². The van der Waals surface area contributed by atoms with E-state index in [1.54, 1.807) is 36.4 Å². The molecule has 1 saturated heterocycles. The molecule has 0 saturated carbocycles. The standard InChI is InChI=1S/C23H32N8O4/c24-10-4-3-5-16(25)23(33)28-20-9-8-18(22(26)27-20)30-29-17-6-1-2-7-19(17)35-21(32)15-31-11-13-34-14-12-31/h1-2,6-9,16H,3-5,10-15,24-25H2,(H3,26,27,28,33)/t16-/m0/s1. The lowest BCUT2D eigenvalue weighted by atomic mass is 10.1. The third-order valence-electron chi connectivity index (χ3n) is 5.27. The van der Waals surface area contributed by atoms with Gasteiger partial charge in [-0.15, -0.1) is 10.2 Å². The molecule has 12 nitrogen and oxygen atoms in total. The molecule has 0 spiro atoms. The largest absolute Gasteiger partial charge is 0.423 e. The Morgan fingerprint density at radius 3 is 2.60 bits per heavy atom. The Labute approximate surface area is 203 Å². The highest BCUT2D eigenvalue weighted by molar-refractivity contribution is 5.94. The third kappa shape index (κ3) is 8.37. The molecule has 1 amide bonds. The van der Waals surface area contributed by atoms with Crippen LogP contribution in [0.1, 0.15) is 19.3 Å². The van der Waals surface area contributed by atoms with Crippen molar-refractivity contribution in [1.82, 2.24) is 9.88 Å². The van der Waals surface area contributed by atoms with Crippen molar-refractivity contribution in [2.75, 3.05) is 50.4 Å². The van der Waals surface area contributed by atoms with Crippen LogP contribution in [-0.4, -0.2) is 67.2 Å². The first-order valence-corrected chi connectivity index (χ1v) is 11.5. The fraction of sp³-hybridized carbons (Fsp3) is 0.435. The Morgan fingerprint density at radius 2 is 1.86 bits per heavy atom. The van der Waals surface area contributed by atoms with Crippen LogP contribution in [0.2, 0.25) is 0 Å². The zero-order chi connectivity index (χ0) is 25.0. The lowest BCUT2D eigenvalue weighted by Crippen LogP contribution is -2.40. The van der Waals surface area contributed by atoms with Crippen LogP contribution in [-0.2, 0) is 14.3 Å². The number of ether oxygens (including phenoxy) is 2. The van der Waals surface area contributed by atoms with Gasteiger partial charge in [-0.3, -0.25) is 14.5 Å². The van der Waals surface area contributed by atoms with Crippen LogP contribution in [0.25, 0.3) is 0 Å². The summed E-state index contributed by atoms with van der Waals surface area (Å²) in [5.74, 6) is -0.120. The third-order valence-corrected chi connectivity index (χ3v) is 5.27. The second-order valence-corrected chi connectivity index (χ2v) is 8.01. The first-order chi connectivity index (χ1) is 17.0. The molecule has 1 fully saturated rings. The van der Waals surface area contributed by atoms with Crippen molar-refractivity contribution in [1.29, 1.82) is 0 Å². The number of pyridine rings is 1. The molecule has 0 radical (unpaired) electrons. The highest BCUT2D eigenvalue weighted by Crippen LogP contribution is 2.30. The summed E-state index contributed by atoms with van der Waals surface area (Å²) in [6, 6.07) is 9.28. The van der Waals surface area contributed by atoms with Gasteiger partial charge in [0.25, 0.3) is 0 Å². The highest BCUT2D eigenvalue weighted by Gasteiger charge is 2.17. The van der Waals surface area contributed by atoms with Crippen LogP contribution in [0.3, 0.4) is 0 Å². The van der Waals surface area contributed by atoms with Gasteiger partial charge in [0.05, 0.1) is 25.8 Å². The quantitative estimate of drug-likeness (QED) is 0.159. The summed E-state index contributed by atoms with van der Waals surface area (Å²) in [5, 5.41) is 11.0. The van der Waals surface area contributed by atoms with Gasteiger partial charge in [-0.2, -0.15) is 0 Å². The Hall–Kier alpha value is -3.45. The summed E-state index contributed by atoms with van der Waals surface area (Å²) in [7, 11) is 0. The molecule has 1 atom stereocenters. The Morgan fingerprint density at radius 1 is 1.11 bits per heavy atom. The van der Waals surface area contributed by atoms with E-state index in [1.165, 1.54) is 0 Å². The van der Waals surface area contributed by atoms with E-state index >= 15 is 0 Å². The highest BCUT2D eigenvalue weighted by atomic mass is 16.5. The van der Waals surface area contributed by atoms with Crippen LogP contribution in [0, 0.1) is 0 Å². The normalized spacial score (nSPS) is 15.1. The van der Waals surface area contributed by atoms with E-state index in [9.17, 15) is 9.59 Å². The van der Waals surface area contributed by atoms with E-state index in [1.807, 2.05) is 4.90 Å². The first-order valence-electron chi connectivity index (χ1n) is 11.5. The summed E-state index contributed by atoms with van der Waals surface area (Å²) < 4.78 is 10.8. The predicted molar refractivity (Wildman–Crippen MR) is 132 cm³/mol. The second kappa shape index (κ2) is 13.4. The summed E-state index contributed by atoms with van der Waals surface area (Å²) >= 11 is 0. The number of para-hydroxylation sites is 1. The molecular formula is C23H32N8O4. The zero-order valence-corrected chi connectivity index (χ0v) is 19.6. The van der Waals surface area contributed by atoms with Crippen LogP contribution >= 0.6 is 0 Å². The number of nitrogens with zero attached hydrogens (tertiary/aromatic N) is 4. The number of hydrogen-bond donors (Lipinski definition) is 4. The van der Waals surface area contributed by atoms with Gasteiger partial charge < -0.3 is 32.0 Å². The number of rotatable bonds is 11. The smallest absolute Gasteiger partial charge is 0.325 e. The number of morpholine rings is 1. The fourth-order valence-electron chi connectivity index (χ4n) is 3.31. The van der Waals surface area contributed by atoms with Gasteiger partial charge >= 0.3 is 5.97 Å². The Bertz CT molecular complexity index is 1030. The van der Waals surface area contributed by atoms with Crippen molar-refractivity contribution in [3.63, 3.8) is 0 Å². The minimum absolute atomic E-state index is 0.0741. The molecule has 1 aliphatic rings. The minimum atomic E-state index is -0.661. The molecule has 1 aromatic carbocycles. The molecule has 0 unspecified atom stereocenters. The first kappa shape index (κ1) is 26.2. The molecule has 3 rings (SSSR count). The van der Waals surface area contributed by atoms with Crippen molar-refractivity contribution in [2.45, 2.75) is 25.3 Å². The van der Waals surface area contributed by atoms with Gasteiger partial charge in [0.15, 0.2) is 11.6 Å². The lowest BCUT2D eigenvalue weighted by molar-refractivity contribution is -0.136.